The average molecular weight is 469 g/mol. The smallest absolute Gasteiger partial charge is 0.238 e. The van der Waals surface area contributed by atoms with E-state index >= 15 is 0 Å². The largest absolute Gasteiger partial charge is 0.375 e. The first kappa shape index (κ1) is 20.5. The minimum atomic E-state index is -3.72. The Kier molecular flexibility index (Phi) is 5.12. The molecule has 4 aromatic rings. The van der Waals surface area contributed by atoms with E-state index < -0.39 is 10.0 Å². The van der Waals surface area contributed by atoms with Crippen LogP contribution in [0.15, 0.2) is 47.5 Å². The van der Waals surface area contributed by atoms with Gasteiger partial charge in [0, 0.05) is 18.8 Å². The Balaban J connectivity index is 1.43. The van der Waals surface area contributed by atoms with Gasteiger partial charge in [-0.3, -0.25) is 0 Å². The van der Waals surface area contributed by atoms with Crippen molar-refractivity contribution in [3.63, 3.8) is 0 Å². The van der Waals surface area contributed by atoms with E-state index in [1.165, 1.54) is 23.5 Å². The fraction of sp³-hybridized carbons (Fsp3) is 0.200. The first-order chi connectivity index (χ1) is 15.3. The summed E-state index contributed by atoms with van der Waals surface area (Å²) in [5.41, 5.74) is 8.79. The molecule has 0 spiro atoms. The molecule has 0 bridgehead atoms. The van der Waals surface area contributed by atoms with Crippen LogP contribution in [0, 0.1) is 0 Å². The van der Waals surface area contributed by atoms with E-state index in [2.05, 4.69) is 25.6 Å². The molecule has 3 heterocycles. The highest BCUT2D eigenvalue weighted by Gasteiger charge is 2.23. The second-order valence-corrected chi connectivity index (χ2v) is 10.1. The zero-order valence-corrected chi connectivity index (χ0v) is 18.4. The Labute approximate surface area is 188 Å². The maximum absolute atomic E-state index is 11.4. The summed E-state index contributed by atoms with van der Waals surface area (Å²) in [7, 11) is -3.72. The zero-order valence-electron chi connectivity index (χ0n) is 16.8. The van der Waals surface area contributed by atoms with Gasteiger partial charge in [0.25, 0.3) is 0 Å². The Morgan fingerprint density at radius 2 is 1.84 bits per heavy atom. The number of benzene rings is 1. The molecule has 32 heavy (non-hydrogen) atoms. The van der Waals surface area contributed by atoms with E-state index in [4.69, 9.17) is 15.9 Å². The second kappa shape index (κ2) is 7.97. The van der Waals surface area contributed by atoms with Crippen molar-refractivity contribution in [2.45, 2.75) is 30.3 Å². The Bertz CT molecular complexity index is 1400. The number of nitrogen functional groups attached to an aromatic ring is 1. The molecule has 0 aliphatic heterocycles. The summed E-state index contributed by atoms with van der Waals surface area (Å²) in [4.78, 5) is 19.1. The molecule has 0 saturated heterocycles. The summed E-state index contributed by atoms with van der Waals surface area (Å²) in [5, 5.41) is 12.3. The lowest BCUT2D eigenvalue weighted by molar-refractivity contribution is 0.598. The third-order valence-corrected chi connectivity index (χ3v) is 6.72. The van der Waals surface area contributed by atoms with Crippen molar-refractivity contribution in [1.29, 1.82) is 0 Å². The maximum atomic E-state index is 11.4. The minimum absolute atomic E-state index is 0.0729. The van der Waals surface area contributed by atoms with E-state index in [9.17, 15) is 8.42 Å². The van der Waals surface area contributed by atoms with Crippen molar-refractivity contribution < 1.29 is 8.42 Å². The van der Waals surface area contributed by atoms with Crippen LogP contribution in [-0.2, 0) is 16.6 Å². The number of pyridine rings is 1. The lowest BCUT2D eigenvalue weighted by Gasteiger charge is -2.12. The highest BCUT2D eigenvalue weighted by molar-refractivity contribution is 7.89. The maximum Gasteiger partial charge on any atom is 0.238 e. The molecule has 1 aliphatic carbocycles. The van der Waals surface area contributed by atoms with Gasteiger partial charge in [0.2, 0.25) is 16.0 Å². The number of fused-ring (bicyclic) bond motifs is 1. The first-order valence-electron chi connectivity index (χ1n) is 9.88. The normalized spacial score (nSPS) is 13.9. The highest BCUT2D eigenvalue weighted by atomic mass is 32.2. The highest BCUT2D eigenvalue weighted by Crippen LogP contribution is 2.31. The number of nitrogens with one attached hydrogen (secondary N) is 2. The van der Waals surface area contributed by atoms with Gasteiger partial charge < -0.3 is 16.4 Å². The molecule has 10 nitrogen and oxygen atoms in total. The predicted molar refractivity (Wildman–Crippen MR) is 125 cm³/mol. The van der Waals surface area contributed by atoms with Crippen molar-refractivity contribution in [2.75, 3.05) is 16.4 Å². The van der Waals surface area contributed by atoms with Crippen LogP contribution in [0.5, 0.6) is 0 Å². The number of hydrogen-bond donors (Lipinski definition) is 4. The second-order valence-electron chi connectivity index (χ2n) is 7.48. The van der Waals surface area contributed by atoms with Gasteiger partial charge >= 0.3 is 0 Å². The summed E-state index contributed by atoms with van der Waals surface area (Å²) >= 11 is 1.38. The summed E-state index contributed by atoms with van der Waals surface area (Å²) in [5.74, 6) is 1.12. The molecule has 0 unspecified atom stereocenters. The van der Waals surface area contributed by atoms with Crippen LogP contribution in [0.3, 0.4) is 0 Å². The molecule has 3 aromatic heterocycles. The number of hydrogen-bond acceptors (Lipinski definition) is 10. The number of anilines is 3. The third-order valence-electron chi connectivity index (χ3n) is 4.94. The molecule has 0 radical (unpaired) electrons. The van der Waals surface area contributed by atoms with Gasteiger partial charge in [-0.05, 0) is 42.7 Å². The quantitative estimate of drug-likeness (QED) is 0.319. The van der Waals surface area contributed by atoms with Crippen LogP contribution >= 0.6 is 11.3 Å². The summed E-state index contributed by atoms with van der Waals surface area (Å²) < 4.78 is 22.8. The van der Waals surface area contributed by atoms with Crippen molar-refractivity contribution in [2.24, 2.45) is 5.14 Å². The fourth-order valence-corrected chi connectivity index (χ4v) is 4.31. The number of nitrogens with zero attached hydrogens (tertiary/aromatic N) is 4. The summed E-state index contributed by atoms with van der Waals surface area (Å²) in [6.07, 6.45) is 3.89. The number of nitrogens with two attached hydrogens (primary N) is 2. The van der Waals surface area contributed by atoms with E-state index in [-0.39, 0.29) is 4.90 Å². The van der Waals surface area contributed by atoms with Gasteiger partial charge in [0.05, 0.1) is 21.0 Å². The molecular formula is C20H20N8O2S2. The van der Waals surface area contributed by atoms with E-state index in [0.717, 1.165) is 29.0 Å². The van der Waals surface area contributed by atoms with Gasteiger partial charge in [-0.25, -0.2) is 28.5 Å². The standard InChI is InChI=1S/C20H20N8O2S2/c21-19-23-10-16(31-19)14-7-8-15-17(26-14)18(25-12-3-4-12)28-20(27-15)24-9-11-1-5-13(6-2-11)32(22,29)30/h1-2,5-8,10,12H,3-4,9H2,(H2,21,23)(H2,22,29,30)(H2,24,25,27,28). The first-order valence-corrected chi connectivity index (χ1v) is 12.2. The molecule has 164 valence electrons. The van der Waals surface area contributed by atoms with Crippen LogP contribution in [-0.4, -0.2) is 34.4 Å². The van der Waals surface area contributed by atoms with Crippen molar-refractivity contribution in [3.05, 3.63) is 48.2 Å². The van der Waals surface area contributed by atoms with Crippen LogP contribution < -0.4 is 21.5 Å². The van der Waals surface area contributed by atoms with E-state index in [1.54, 1.807) is 18.3 Å². The number of aromatic nitrogens is 4. The monoisotopic (exact) mass is 468 g/mol. The van der Waals surface area contributed by atoms with Gasteiger partial charge in [0.15, 0.2) is 10.9 Å². The molecule has 5 rings (SSSR count). The lowest BCUT2D eigenvalue weighted by Crippen LogP contribution is -2.12. The average Bonchev–Trinajstić information content (AvgIpc) is 3.48. The Morgan fingerprint density at radius 3 is 2.50 bits per heavy atom. The zero-order chi connectivity index (χ0) is 22.3. The van der Waals surface area contributed by atoms with Crippen molar-refractivity contribution in [3.8, 4) is 10.6 Å². The van der Waals surface area contributed by atoms with Gasteiger partial charge in [-0.15, -0.1) is 0 Å². The number of sulfonamides is 1. The minimum Gasteiger partial charge on any atom is -0.375 e. The fourth-order valence-electron chi connectivity index (χ4n) is 3.14. The SMILES string of the molecule is Nc1ncc(-c2ccc3nc(NCc4ccc(S(N)(=O)=O)cc4)nc(NC4CC4)c3n2)s1. The lowest BCUT2D eigenvalue weighted by atomic mass is 10.2. The van der Waals surface area contributed by atoms with Crippen LogP contribution in [0.25, 0.3) is 21.6 Å². The predicted octanol–water partition coefficient (Wildman–Crippen LogP) is 2.56. The van der Waals surface area contributed by atoms with Crippen LogP contribution in [0.4, 0.5) is 16.9 Å². The topological polar surface area (TPSA) is 162 Å². The number of rotatable bonds is 7. The molecule has 0 atom stereocenters. The molecule has 1 aliphatic rings. The van der Waals surface area contributed by atoms with E-state index in [0.29, 0.717) is 40.5 Å². The number of primary sulfonamides is 1. The molecule has 6 N–H and O–H groups in total. The molecule has 0 amide bonds. The van der Waals surface area contributed by atoms with Crippen LogP contribution in [0.2, 0.25) is 0 Å². The van der Waals surface area contributed by atoms with Gasteiger partial charge in [-0.2, -0.15) is 4.98 Å². The Morgan fingerprint density at radius 1 is 1.06 bits per heavy atom. The van der Waals surface area contributed by atoms with Gasteiger partial charge in [0.1, 0.15) is 5.52 Å². The van der Waals surface area contributed by atoms with Gasteiger partial charge in [-0.1, -0.05) is 23.5 Å². The Hall–Kier alpha value is -3.35. The van der Waals surface area contributed by atoms with Crippen molar-refractivity contribution in [1.82, 2.24) is 19.9 Å². The molecular weight excluding hydrogens is 448 g/mol. The van der Waals surface area contributed by atoms with Crippen molar-refractivity contribution >= 4 is 49.3 Å². The summed E-state index contributed by atoms with van der Waals surface area (Å²) in [6.45, 7) is 0.422. The van der Waals surface area contributed by atoms with Crippen LogP contribution in [0.1, 0.15) is 18.4 Å². The number of thiazole rings is 1. The molecule has 1 aromatic carbocycles. The molecule has 1 fully saturated rings. The third kappa shape index (κ3) is 4.47. The van der Waals surface area contributed by atoms with E-state index in [1.807, 2.05) is 12.1 Å². The summed E-state index contributed by atoms with van der Waals surface area (Å²) in [6, 6.07) is 10.5. The molecule has 12 heteroatoms. The molecule has 1 saturated carbocycles.